The fraction of sp³-hybridized carbons (Fsp3) is 0.200. The molecule has 0 aliphatic rings. The lowest BCUT2D eigenvalue weighted by molar-refractivity contribution is 0.570. The SMILES string of the molecule is Cc1cc(C)nc(NC(c2c(Cl)cccc2Cl)n2cncn2)n1. The quantitative estimate of drug-likeness (QED) is 0.779. The van der Waals surface area contributed by atoms with Gasteiger partial charge in [-0.1, -0.05) is 29.3 Å². The molecule has 0 saturated heterocycles. The Morgan fingerprint density at radius 1 is 1.09 bits per heavy atom. The summed E-state index contributed by atoms with van der Waals surface area (Å²) in [7, 11) is 0. The summed E-state index contributed by atoms with van der Waals surface area (Å²) >= 11 is 12.7. The first kappa shape index (κ1) is 15.7. The summed E-state index contributed by atoms with van der Waals surface area (Å²) in [6.07, 6.45) is 2.56. The van der Waals surface area contributed by atoms with Gasteiger partial charge in [-0.25, -0.2) is 19.6 Å². The molecule has 2 aromatic heterocycles. The molecular weight excluding hydrogens is 335 g/mol. The van der Waals surface area contributed by atoms with Crippen molar-refractivity contribution in [2.45, 2.75) is 20.0 Å². The van der Waals surface area contributed by atoms with Gasteiger partial charge in [-0.2, -0.15) is 5.10 Å². The van der Waals surface area contributed by atoms with Gasteiger partial charge in [0, 0.05) is 27.0 Å². The predicted molar refractivity (Wildman–Crippen MR) is 89.8 cm³/mol. The minimum absolute atomic E-state index is 0.471. The molecule has 0 bridgehead atoms. The number of aryl methyl sites for hydroxylation is 2. The third-order valence-electron chi connectivity index (χ3n) is 3.22. The first-order chi connectivity index (χ1) is 11.0. The second-order valence-corrected chi connectivity index (χ2v) is 5.85. The Labute approximate surface area is 143 Å². The van der Waals surface area contributed by atoms with Crippen molar-refractivity contribution in [1.82, 2.24) is 24.7 Å². The summed E-state index contributed by atoms with van der Waals surface area (Å²) in [6.45, 7) is 3.82. The van der Waals surface area contributed by atoms with E-state index in [-0.39, 0.29) is 0 Å². The van der Waals surface area contributed by atoms with Crippen molar-refractivity contribution in [3.8, 4) is 0 Å². The van der Waals surface area contributed by atoms with Crippen LogP contribution in [0.25, 0.3) is 0 Å². The Morgan fingerprint density at radius 2 is 1.74 bits per heavy atom. The van der Waals surface area contributed by atoms with Gasteiger partial charge >= 0.3 is 0 Å². The molecule has 0 saturated carbocycles. The van der Waals surface area contributed by atoms with E-state index < -0.39 is 6.17 Å². The van der Waals surface area contributed by atoms with Gasteiger partial charge in [-0.15, -0.1) is 0 Å². The molecule has 23 heavy (non-hydrogen) atoms. The number of nitrogens with one attached hydrogen (secondary N) is 1. The van der Waals surface area contributed by atoms with Crippen LogP contribution in [0.1, 0.15) is 23.1 Å². The summed E-state index contributed by atoms with van der Waals surface area (Å²) in [5, 5.41) is 8.46. The highest BCUT2D eigenvalue weighted by molar-refractivity contribution is 6.36. The van der Waals surface area contributed by atoms with Crippen LogP contribution >= 0.6 is 23.2 Å². The van der Waals surface area contributed by atoms with Crippen molar-refractivity contribution < 1.29 is 0 Å². The van der Waals surface area contributed by atoms with Gasteiger partial charge < -0.3 is 5.32 Å². The van der Waals surface area contributed by atoms with Crippen LogP contribution in [0, 0.1) is 13.8 Å². The zero-order chi connectivity index (χ0) is 16.4. The number of hydrogen-bond acceptors (Lipinski definition) is 5. The van der Waals surface area contributed by atoms with E-state index in [0.29, 0.717) is 21.6 Å². The van der Waals surface area contributed by atoms with Crippen LogP contribution in [-0.2, 0) is 0 Å². The molecule has 8 heteroatoms. The minimum atomic E-state index is -0.472. The van der Waals surface area contributed by atoms with Crippen LogP contribution in [0.5, 0.6) is 0 Å². The van der Waals surface area contributed by atoms with Crippen molar-refractivity contribution in [2.24, 2.45) is 0 Å². The van der Waals surface area contributed by atoms with Crippen LogP contribution in [-0.4, -0.2) is 24.7 Å². The Morgan fingerprint density at radius 3 is 2.30 bits per heavy atom. The Balaban J connectivity index is 2.07. The Kier molecular flexibility index (Phi) is 4.45. The van der Waals surface area contributed by atoms with E-state index in [1.165, 1.54) is 6.33 Å². The number of benzene rings is 1. The molecule has 1 aromatic carbocycles. The third kappa shape index (κ3) is 3.43. The fourth-order valence-corrected chi connectivity index (χ4v) is 2.91. The average molecular weight is 349 g/mol. The standard InChI is InChI=1S/C15H14Cl2N6/c1-9-6-10(2)21-15(20-9)22-14(23-8-18-7-19-23)13-11(16)4-3-5-12(13)17/h3-8,14H,1-2H3,(H,20,21,22). The van der Waals surface area contributed by atoms with Crippen LogP contribution < -0.4 is 5.32 Å². The van der Waals surface area contributed by atoms with Gasteiger partial charge in [0.15, 0.2) is 6.17 Å². The summed E-state index contributed by atoms with van der Waals surface area (Å²) in [5.74, 6) is 0.471. The molecule has 1 atom stereocenters. The molecule has 6 nitrogen and oxygen atoms in total. The number of hydrogen-bond donors (Lipinski definition) is 1. The van der Waals surface area contributed by atoms with Crippen LogP contribution in [0.2, 0.25) is 10.0 Å². The van der Waals surface area contributed by atoms with Gasteiger partial charge in [-0.05, 0) is 32.0 Å². The van der Waals surface area contributed by atoms with E-state index >= 15 is 0 Å². The maximum absolute atomic E-state index is 6.34. The van der Waals surface area contributed by atoms with Crippen LogP contribution in [0.3, 0.4) is 0 Å². The van der Waals surface area contributed by atoms with E-state index in [9.17, 15) is 0 Å². The third-order valence-corrected chi connectivity index (χ3v) is 3.88. The first-order valence-corrected chi connectivity index (χ1v) is 7.67. The molecule has 1 N–H and O–H groups in total. The topological polar surface area (TPSA) is 68.5 Å². The largest absolute Gasteiger partial charge is 0.328 e. The molecule has 0 amide bonds. The smallest absolute Gasteiger partial charge is 0.225 e. The lowest BCUT2D eigenvalue weighted by Gasteiger charge is -2.21. The van der Waals surface area contributed by atoms with Gasteiger partial charge in [0.1, 0.15) is 12.7 Å². The van der Waals surface area contributed by atoms with E-state index in [0.717, 1.165) is 11.4 Å². The van der Waals surface area contributed by atoms with Crippen molar-refractivity contribution in [1.29, 1.82) is 0 Å². The lowest BCUT2D eigenvalue weighted by Crippen LogP contribution is -2.22. The summed E-state index contributed by atoms with van der Waals surface area (Å²) in [6, 6.07) is 7.24. The number of anilines is 1. The molecule has 0 spiro atoms. The zero-order valence-corrected chi connectivity index (χ0v) is 14.0. The lowest BCUT2D eigenvalue weighted by atomic mass is 10.1. The summed E-state index contributed by atoms with van der Waals surface area (Å²) < 4.78 is 1.62. The highest BCUT2D eigenvalue weighted by Crippen LogP contribution is 2.32. The van der Waals surface area contributed by atoms with Crippen LogP contribution in [0.15, 0.2) is 36.9 Å². The molecule has 0 aliphatic carbocycles. The van der Waals surface area contributed by atoms with Gasteiger partial charge in [0.2, 0.25) is 5.95 Å². The van der Waals surface area contributed by atoms with Gasteiger partial charge in [0.25, 0.3) is 0 Å². The second-order valence-electron chi connectivity index (χ2n) is 5.03. The molecule has 0 radical (unpaired) electrons. The van der Waals surface area contributed by atoms with Crippen molar-refractivity contribution in [2.75, 3.05) is 5.32 Å². The monoisotopic (exact) mass is 348 g/mol. The molecule has 0 aliphatic heterocycles. The Bertz CT molecular complexity index is 778. The van der Waals surface area contributed by atoms with Crippen molar-refractivity contribution in [3.63, 3.8) is 0 Å². The van der Waals surface area contributed by atoms with Crippen molar-refractivity contribution in [3.05, 3.63) is 63.9 Å². The number of nitrogens with zero attached hydrogens (tertiary/aromatic N) is 5. The Hall–Kier alpha value is -2.18. The molecular formula is C15H14Cl2N6. The predicted octanol–water partition coefficient (Wildman–Crippen LogP) is 3.65. The van der Waals surface area contributed by atoms with E-state index in [4.69, 9.17) is 23.2 Å². The molecule has 3 aromatic rings. The zero-order valence-electron chi connectivity index (χ0n) is 12.5. The van der Waals surface area contributed by atoms with Crippen molar-refractivity contribution >= 4 is 29.2 Å². The molecule has 118 valence electrons. The van der Waals surface area contributed by atoms with Crippen LogP contribution in [0.4, 0.5) is 5.95 Å². The number of aromatic nitrogens is 5. The maximum Gasteiger partial charge on any atom is 0.225 e. The molecule has 3 rings (SSSR count). The summed E-state index contributed by atoms with van der Waals surface area (Å²) in [4.78, 5) is 12.8. The molecule has 1 unspecified atom stereocenters. The summed E-state index contributed by atoms with van der Waals surface area (Å²) in [5.41, 5.74) is 2.41. The normalized spacial score (nSPS) is 12.2. The maximum atomic E-state index is 6.34. The fourth-order valence-electron chi connectivity index (χ4n) is 2.31. The second kappa shape index (κ2) is 6.52. The average Bonchev–Trinajstić information content (AvgIpc) is 2.98. The highest BCUT2D eigenvalue weighted by atomic mass is 35.5. The number of rotatable bonds is 4. The van der Waals surface area contributed by atoms with E-state index in [1.807, 2.05) is 19.9 Å². The van der Waals surface area contributed by atoms with Gasteiger partial charge in [0.05, 0.1) is 0 Å². The highest BCUT2D eigenvalue weighted by Gasteiger charge is 2.21. The molecule has 0 fully saturated rings. The first-order valence-electron chi connectivity index (χ1n) is 6.91. The van der Waals surface area contributed by atoms with E-state index in [2.05, 4.69) is 25.4 Å². The van der Waals surface area contributed by atoms with E-state index in [1.54, 1.807) is 29.2 Å². The van der Waals surface area contributed by atoms with Gasteiger partial charge in [-0.3, -0.25) is 0 Å². The number of halogens is 2. The minimum Gasteiger partial charge on any atom is -0.328 e. The molecule has 2 heterocycles.